The molecule has 0 saturated heterocycles. The standard InChI is InChI=1S/C15H27NO4S/c1-17-7-8-19-11-12-20-10-9-18-6-5-16-4-2-15-3-13-21-14-15/h3,13-14,16H,2,4-12H2,1H3. The minimum atomic E-state index is 0.603. The van der Waals surface area contributed by atoms with E-state index in [0.717, 1.165) is 26.1 Å². The molecule has 6 heteroatoms. The first-order chi connectivity index (χ1) is 10.4. The molecule has 0 aromatic carbocycles. The predicted octanol–water partition coefficient (Wildman–Crippen LogP) is 1.58. The maximum Gasteiger partial charge on any atom is 0.0701 e. The molecule has 0 radical (unpaired) electrons. The average Bonchev–Trinajstić information content (AvgIpc) is 3.01. The number of hydrogen-bond acceptors (Lipinski definition) is 6. The summed E-state index contributed by atoms with van der Waals surface area (Å²) in [5.41, 5.74) is 1.40. The van der Waals surface area contributed by atoms with Crippen molar-refractivity contribution in [2.75, 3.05) is 66.4 Å². The summed E-state index contributed by atoms with van der Waals surface area (Å²) in [6.07, 6.45) is 1.08. The molecule has 21 heavy (non-hydrogen) atoms. The van der Waals surface area contributed by atoms with Gasteiger partial charge in [-0.25, -0.2) is 0 Å². The molecular formula is C15H27NO4S. The summed E-state index contributed by atoms with van der Waals surface area (Å²) in [7, 11) is 1.66. The van der Waals surface area contributed by atoms with E-state index in [-0.39, 0.29) is 0 Å². The molecule has 1 heterocycles. The number of nitrogens with one attached hydrogen (secondary N) is 1. The summed E-state index contributed by atoms with van der Waals surface area (Å²) in [5, 5.41) is 7.66. The van der Waals surface area contributed by atoms with Crippen molar-refractivity contribution in [3.8, 4) is 0 Å². The predicted molar refractivity (Wildman–Crippen MR) is 85.2 cm³/mol. The summed E-state index contributed by atoms with van der Waals surface area (Å²) in [4.78, 5) is 0. The molecule has 0 saturated carbocycles. The third kappa shape index (κ3) is 11.8. The highest BCUT2D eigenvalue weighted by Gasteiger charge is 1.94. The lowest BCUT2D eigenvalue weighted by molar-refractivity contribution is 0.00412. The average molecular weight is 317 g/mol. The molecule has 0 aliphatic rings. The molecule has 1 rings (SSSR count). The maximum absolute atomic E-state index is 5.47. The summed E-state index contributed by atoms with van der Waals surface area (Å²) in [6, 6.07) is 2.17. The molecule has 0 spiro atoms. The Hall–Kier alpha value is -0.500. The molecule has 0 aliphatic carbocycles. The topological polar surface area (TPSA) is 49.0 Å². The molecule has 0 amide bonds. The Kier molecular flexibility index (Phi) is 12.8. The van der Waals surface area contributed by atoms with Crippen LogP contribution in [0, 0.1) is 0 Å². The Morgan fingerprint density at radius 1 is 0.905 bits per heavy atom. The lowest BCUT2D eigenvalue weighted by Gasteiger charge is -2.07. The van der Waals surface area contributed by atoms with Gasteiger partial charge in [0.15, 0.2) is 0 Å². The molecule has 1 N–H and O–H groups in total. The lowest BCUT2D eigenvalue weighted by Crippen LogP contribution is -2.23. The first-order valence-corrected chi connectivity index (χ1v) is 8.31. The number of thiophene rings is 1. The summed E-state index contributed by atoms with van der Waals surface area (Å²) in [6.45, 7) is 6.29. The van der Waals surface area contributed by atoms with Gasteiger partial charge in [-0.1, -0.05) is 0 Å². The van der Waals surface area contributed by atoms with Crippen LogP contribution in [0.1, 0.15) is 5.56 Å². The first-order valence-electron chi connectivity index (χ1n) is 7.37. The minimum absolute atomic E-state index is 0.603. The Labute approximate surface area is 131 Å². The van der Waals surface area contributed by atoms with Crippen LogP contribution in [0.5, 0.6) is 0 Å². The number of rotatable bonds is 15. The van der Waals surface area contributed by atoms with E-state index in [2.05, 4.69) is 22.1 Å². The Morgan fingerprint density at radius 2 is 1.57 bits per heavy atom. The van der Waals surface area contributed by atoms with Crippen LogP contribution in [0.3, 0.4) is 0 Å². The highest BCUT2D eigenvalue weighted by Crippen LogP contribution is 2.05. The Balaban J connectivity index is 1.69. The zero-order valence-electron chi connectivity index (χ0n) is 12.8. The van der Waals surface area contributed by atoms with Gasteiger partial charge in [-0.05, 0) is 35.4 Å². The van der Waals surface area contributed by atoms with Crippen molar-refractivity contribution in [2.45, 2.75) is 6.42 Å². The van der Waals surface area contributed by atoms with E-state index in [1.54, 1.807) is 18.4 Å². The molecule has 1 aromatic rings. The molecule has 1 aromatic heterocycles. The van der Waals surface area contributed by atoms with Gasteiger partial charge < -0.3 is 24.3 Å². The van der Waals surface area contributed by atoms with Crippen LogP contribution >= 0.6 is 11.3 Å². The number of hydrogen-bond donors (Lipinski definition) is 1. The van der Waals surface area contributed by atoms with Gasteiger partial charge in [0.2, 0.25) is 0 Å². The monoisotopic (exact) mass is 317 g/mol. The van der Waals surface area contributed by atoms with E-state index in [1.165, 1.54) is 5.56 Å². The quantitative estimate of drug-likeness (QED) is 0.498. The van der Waals surface area contributed by atoms with Crippen LogP contribution in [0.2, 0.25) is 0 Å². The van der Waals surface area contributed by atoms with Gasteiger partial charge in [0.1, 0.15) is 0 Å². The fourth-order valence-corrected chi connectivity index (χ4v) is 2.32. The van der Waals surface area contributed by atoms with E-state index >= 15 is 0 Å². The fourth-order valence-electron chi connectivity index (χ4n) is 1.62. The van der Waals surface area contributed by atoms with E-state index in [4.69, 9.17) is 18.9 Å². The van der Waals surface area contributed by atoms with Crippen molar-refractivity contribution >= 4 is 11.3 Å². The highest BCUT2D eigenvalue weighted by molar-refractivity contribution is 7.07. The van der Waals surface area contributed by atoms with Crippen LogP contribution < -0.4 is 5.32 Å². The van der Waals surface area contributed by atoms with E-state index in [0.29, 0.717) is 39.6 Å². The van der Waals surface area contributed by atoms with Crippen LogP contribution in [0.15, 0.2) is 16.8 Å². The molecule has 0 aliphatic heterocycles. The fraction of sp³-hybridized carbons (Fsp3) is 0.733. The zero-order valence-corrected chi connectivity index (χ0v) is 13.7. The summed E-state index contributed by atoms with van der Waals surface area (Å²) < 4.78 is 21.0. The van der Waals surface area contributed by atoms with Crippen LogP contribution in [-0.4, -0.2) is 66.4 Å². The molecule has 0 unspecified atom stereocenters. The van der Waals surface area contributed by atoms with Crippen LogP contribution in [-0.2, 0) is 25.4 Å². The van der Waals surface area contributed by atoms with Crippen molar-refractivity contribution in [2.24, 2.45) is 0 Å². The minimum Gasteiger partial charge on any atom is -0.382 e. The van der Waals surface area contributed by atoms with Gasteiger partial charge in [-0.15, -0.1) is 0 Å². The Bertz CT molecular complexity index is 309. The van der Waals surface area contributed by atoms with E-state index in [1.807, 2.05) is 0 Å². The lowest BCUT2D eigenvalue weighted by atomic mass is 10.2. The normalized spacial score (nSPS) is 11.1. The molecular weight excluding hydrogens is 290 g/mol. The van der Waals surface area contributed by atoms with Gasteiger partial charge in [0, 0.05) is 13.7 Å². The zero-order chi connectivity index (χ0) is 15.0. The molecule has 0 atom stereocenters. The largest absolute Gasteiger partial charge is 0.382 e. The molecule has 0 fully saturated rings. The Morgan fingerprint density at radius 3 is 2.19 bits per heavy atom. The number of methoxy groups -OCH3 is 1. The van der Waals surface area contributed by atoms with Gasteiger partial charge in [-0.3, -0.25) is 0 Å². The molecule has 0 bridgehead atoms. The van der Waals surface area contributed by atoms with Crippen molar-refractivity contribution in [3.63, 3.8) is 0 Å². The SMILES string of the molecule is COCCOCCOCCOCCNCCc1ccsc1. The second kappa shape index (κ2) is 14.4. The van der Waals surface area contributed by atoms with Gasteiger partial charge in [-0.2, -0.15) is 11.3 Å². The highest BCUT2D eigenvalue weighted by atomic mass is 32.1. The van der Waals surface area contributed by atoms with Crippen molar-refractivity contribution < 1.29 is 18.9 Å². The van der Waals surface area contributed by atoms with Crippen molar-refractivity contribution in [1.29, 1.82) is 0 Å². The molecule has 5 nitrogen and oxygen atoms in total. The van der Waals surface area contributed by atoms with Gasteiger partial charge in [0.25, 0.3) is 0 Å². The third-order valence-electron chi connectivity index (χ3n) is 2.77. The second-order valence-electron chi connectivity index (χ2n) is 4.46. The third-order valence-corrected chi connectivity index (χ3v) is 3.50. The van der Waals surface area contributed by atoms with Gasteiger partial charge in [0.05, 0.1) is 46.2 Å². The smallest absolute Gasteiger partial charge is 0.0701 e. The van der Waals surface area contributed by atoms with Crippen LogP contribution in [0.4, 0.5) is 0 Å². The number of ether oxygens (including phenoxy) is 4. The van der Waals surface area contributed by atoms with E-state index in [9.17, 15) is 0 Å². The summed E-state index contributed by atoms with van der Waals surface area (Å²) >= 11 is 1.74. The van der Waals surface area contributed by atoms with Gasteiger partial charge >= 0.3 is 0 Å². The van der Waals surface area contributed by atoms with Crippen LogP contribution in [0.25, 0.3) is 0 Å². The first kappa shape index (κ1) is 18.5. The van der Waals surface area contributed by atoms with Crippen molar-refractivity contribution in [3.05, 3.63) is 22.4 Å². The molecule has 122 valence electrons. The maximum atomic E-state index is 5.47. The van der Waals surface area contributed by atoms with Crippen molar-refractivity contribution in [1.82, 2.24) is 5.32 Å². The summed E-state index contributed by atoms with van der Waals surface area (Å²) in [5.74, 6) is 0. The second-order valence-corrected chi connectivity index (χ2v) is 5.24. The van der Waals surface area contributed by atoms with E-state index < -0.39 is 0 Å².